The van der Waals surface area contributed by atoms with E-state index >= 15 is 0 Å². The maximum Gasteiger partial charge on any atom is 0.178 e. The molecule has 0 atom stereocenters. The van der Waals surface area contributed by atoms with Gasteiger partial charge < -0.3 is 19.5 Å². The molecule has 1 N–H and O–H groups in total. The highest BCUT2D eigenvalue weighted by molar-refractivity contribution is 6.04. The third kappa shape index (κ3) is 7.78. The van der Waals surface area contributed by atoms with Gasteiger partial charge in [0.05, 0.1) is 19.8 Å². The highest BCUT2D eigenvalue weighted by Crippen LogP contribution is 2.14. The molecule has 0 spiro atoms. The normalized spacial score (nSPS) is 11.2. The number of hydrogen-bond acceptors (Lipinski definition) is 5. The summed E-state index contributed by atoms with van der Waals surface area (Å²) in [6.45, 7) is 1.18. The van der Waals surface area contributed by atoms with Gasteiger partial charge in [-0.05, 0) is 47.5 Å². The number of carbonyl (C=O) groups excluding carboxylic acids is 1. The number of aliphatic hydroxyl groups excluding tert-OH is 1. The average molecular weight is 381 g/mol. The molecule has 28 heavy (non-hydrogen) atoms. The van der Waals surface area contributed by atoms with E-state index in [4.69, 9.17) is 14.6 Å². The Labute approximate surface area is 166 Å². The molecule has 0 saturated heterocycles. The molecule has 0 aliphatic heterocycles. The molecule has 0 fully saturated rings. The molecule has 2 rings (SSSR count). The molecule has 5 heteroatoms. The van der Waals surface area contributed by atoms with Crippen molar-refractivity contribution in [2.45, 2.75) is 0 Å². The van der Waals surface area contributed by atoms with E-state index in [9.17, 15) is 4.79 Å². The lowest BCUT2D eigenvalue weighted by Gasteiger charge is -2.11. The first-order valence-electron chi connectivity index (χ1n) is 9.17. The number of hydrogen-bond donors (Lipinski definition) is 1. The second kappa shape index (κ2) is 11.7. The molecular formula is C23H27NO4. The number of allylic oxidation sites excluding steroid dienone is 2. The minimum absolute atomic E-state index is 0.0116. The summed E-state index contributed by atoms with van der Waals surface area (Å²) >= 11 is 0. The molecule has 148 valence electrons. The summed E-state index contributed by atoms with van der Waals surface area (Å²) in [7, 11) is 3.98. The number of aliphatic hydroxyl groups is 1. The first-order valence-corrected chi connectivity index (χ1v) is 9.17. The van der Waals surface area contributed by atoms with Gasteiger partial charge >= 0.3 is 0 Å². The molecule has 0 aliphatic carbocycles. The zero-order chi connectivity index (χ0) is 20.2. The monoisotopic (exact) mass is 381 g/mol. The lowest BCUT2D eigenvalue weighted by molar-refractivity contribution is -0.110. The van der Waals surface area contributed by atoms with Crippen molar-refractivity contribution in [2.75, 3.05) is 45.4 Å². The molecule has 0 unspecified atom stereocenters. The zero-order valence-electron chi connectivity index (χ0n) is 16.4. The Bertz CT molecular complexity index is 777. The fraction of sp³-hybridized carbons (Fsp3) is 0.261. The van der Waals surface area contributed by atoms with Gasteiger partial charge in [0.2, 0.25) is 0 Å². The summed E-state index contributed by atoms with van der Waals surface area (Å²) in [4.78, 5) is 14.1. The highest BCUT2D eigenvalue weighted by Gasteiger charge is 1.97. The van der Waals surface area contributed by atoms with E-state index in [1.165, 1.54) is 0 Å². The van der Waals surface area contributed by atoms with Crippen LogP contribution in [0.5, 0.6) is 5.75 Å². The molecule has 2 aromatic carbocycles. The molecule has 2 aromatic rings. The predicted molar refractivity (Wildman–Crippen MR) is 114 cm³/mol. The predicted octanol–water partition coefficient (Wildman–Crippen LogP) is 3.44. The molecule has 0 amide bonds. The molecular weight excluding hydrogens is 354 g/mol. The van der Waals surface area contributed by atoms with E-state index < -0.39 is 0 Å². The topological polar surface area (TPSA) is 59.0 Å². The van der Waals surface area contributed by atoms with Crippen LogP contribution in [0.2, 0.25) is 0 Å². The highest BCUT2D eigenvalue weighted by atomic mass is 16.5. The van der Waals surface area contributed by atoms with E-state index in [0.29, 0.717) is 19.8 Å². The number of ketones is 1. The Morgan fingerprint density at radius 2 is 1.46 bits per heavy atom. The summed E-state index contributed by atoms with van der Waals surface area (Å²) < 4.78 is 10.7. The van der Waals surface area contributed by atoms with E-state index in [1.54, 1.807) is 18.2 Å². The van der Waals surface area contributed by atoms with Crippen molar-refractivity contribution >= 4 is 23.6 Å². The van der Waals surface area contributed by atoms with Crippen LogP contribution in [0.25, 0.3) is 12.2 Å². The average Bonchev–Trinajstić information content (AvgIpc) is 2.71. The summed E-state index contributed by atoms with van der Waals surface area (Å²) in [6.07, 6.45) is 6.69. The molecule has 0 aromatic heterocycles. The number of anilines is 1. The third-order valence-corrected chi connectivity index (χ3v) is 3.90. The SMILES string of the molecule is CN(C)c1ccc(/C=C/C(=O)/C=C/c2ccc(OCCOCCO)cc2)cc1. The van der Waals surface area contributed by atoms with Gasteiger partial charge in [-0.3, -0.25) is 4.79 Å². The third-order valence-electron chi connectivity index (χ3n) is 3.90. The van der Waals surface area contributed by atoms with E-state index in [1.807, 2.05) is 73.6 Å². The summed E-state index contributed by atoms with van der Waals surface area (Å²) in [6, 6.07) is 15.5. The van der Waals surface area contributed by atoms with E-state index in [2.05, 4.69) is 0 Å². The molecule has 0 bridgehead atoms. The van der Waals surface area contributed by atoms with Crippen molar-refractivity contribution in [3.05, 3.63) is 71.8 Å². The summed E-state index contributed by atoms with van der Waals surface area (Å²) in [5.74, 6) is 0.662. The Kier molecular flexibility index (Phi) is 8.98. The maximum absolute atomic E-state index is 12.0. The van der Waals surface area contributed by atoms with Crippen molar-refractivity contribution < 1.29 is 19.4 Å². The van der Waals surface area contributed by atoms with Gasteiger partial charge in [0.25, 0.3) is 0 Å². The maximum atomic E-state index is 12.0. The number of benzene rings is 2. The Hall–Kier alpha value is -2.89. The second-order valence-corrected chi connectivity index (χ2v) is 6.31. The van der Waals surface area contributed by atoms with Crippen LogP contribution in [0.15, 0.2) is 60.7 Å². The van der Waals surface area contributed by atoms with Gasteiger partial charge in [0.1, 0.15) is 12.4 Å². The Balaban J connectivity index is 1.81. The first kappa shape index (κ1) is 21.4. The smallest absolute Gasteiger partial charge is 0.178 e. The summed E-state index contributed by atoms with van der Waals surface area (Å²) in [5, 5.41) is 8.62. The van der Waals surface area contributed by atoms with Gasteiger partial charge in [-0.15, -0.1) is 0 Å². The van der Waals surface area contributed by atoms with Crippen LogP contribution < -0.4 is 9.64 Å². The van der Waals surface area contributed by atoms with Crippen molar-refractivity contribution in [3.8, 4) is 5.75 Å². The largest absolute Gasteiger partial charge is 0.491 e. The summed E-state index contributed by atoms with van der Waals surface area (Å²) in [5.41, 5.74) is 3.02. The number of nitrogens with zero attached hydrogens (tertiary/aromatic N) is 1. The molecule has 0 aliphatic rings. The van der Waals surface area contributed by atoms with Crippen LogP contribution in [-0.4, -0.2) is 51.4 Å². The Morgan fingerprint density at radius 3 is 2.00 bits per heavy atom. The van der Waals surface area contributed by atoms with E-state index in [-0.39, 0.29) is 12.4 Å². The fourth-order valence-corrected chi connectivity index (χ4v) is 2.36. The van der Waals surface area contributed by atoms with Crippen LogP contribution in [0.3, 0.4) is 0 Å². The van der Waals surface area contributed by atoms with Gasteiger partial charge in [-0.1, -0.05) is 36.4 Å². The number of rotatable bonds is 11. The van der Waals surface area contributed by atoms with Crippen molar-refractivity contribution in [2.24, 2.45) is 0 Å². The minimum Gasteiger partial charge on any atom is -0.491 e. The van der Waals surface area contributed by atoms with Gasteiger partial charge in [0.15, 0.2) is 5.78 Å². The van der Waals surface area contributed by atoms with Crippen LogP contribution in [0.4, 0.5) is 5.69 Å². The van der Waals surface area contributed by atoms with Crippen LogP contribution in [0.1, 0.15) is 11.1 Å². The molecule has 0 heterocycles. The minimum atomic E-state index is -0.0713. The lowest BCUT2D eigenvalue weighted by Crippen LogP contribution is -2.08. The van der Waals surface area contributed by atoms with Gasteiger partial charge in [0, 0.05) is 19.8 Å². The quantitative estimate of drug-likeness (QED) is 0.477. The van der Waals surface area contributed by atoms with E-state index in [0.717, 1.165) is 22.6 Å². The standard InChI is InChI=1S/C23H27NO4/c1-24(2)21-9-3-19(4-10-21)5-11-22(26)12-6-20-7-13-23(14-8-20)28-18-17-27-16-15-25/h3-14,25H,15-18H2,1-2H3/b11-5+,12-6+. The molecule has 0 saturated carbocycles. The van der Waals surface area contributed by atoms with Crippen LogP contribution in [0, 0.1) is 0 Å². The van der Waals surface area contributed by atoms with Gasteiger partial charge in [-0.25, -0.2) is 0 Å². The Morgan fingerprint density at radius 1 is 0.893 bits per heavy atom. The molecule has 5 nitrogen and oxygen atoms in total. The van der Waals surface area contributed by atoms with Crippen molar-refractivity contribution in [1.29, 1.82) is 0 Å². The molecule has 0 radical (unpaired) electrons. The van der Waals surface area contributed by atoms with Crippen molar-refractivity contribution in [1.82, 2.24) is 0 Å². The fourth-order valence-electron chi connectivity index (χ4n) is 2.36. The number of ether oxygens (including phenoxy) is 2. The first-order chi connectivity index (χ1) is 13.6. The number of carbonyl (C=O) groups is 1. The van der Waals surface area contributed by atoms with Crippen LogP contribution in [-0.2, 0) is 9.53 Å². The second-order valence-electron chi connectivity index (χ2n) is 6.31. The van der Waals surface area contributed by atoms with Crippen LogP contribution >= 0.6 is 0 Å². The van der Waals surface area contributed by atoms with Crippen molar-refractivity contribution in [3.63, 3.8) is 0 Å². The van der Waals surface area contributed by atoms with Gasteiger partial charge in [-0.2, -0.15) is 0 Å². The zero-order valence-corrected chi connectivity index (χ0v) is 16.4. The lowest BCUT2D eigenvalue weighted by atomic mass is 10.1.